The van der Waals surface area contributed by atoms with Gasteiger partial charge in [-0.25, -0.2) is 19.3 Å². The molecule has 0 aliphatic carbocycles. The first-order chi connectivity index (χ1) is 15.5. The fraction of sp³-hybridized carbons (Fsp3) is 0.304. The van der Waals surface area contributed by atoms with Crippen molar-refractivity contribution in [2.75, 3.05) is 43.9 Å². The quantitative estimate of drug-likeness (QED) is 0.530. The molecule has 4 heterocycles. The van der Waals surface area contributed by atoms with Crippen LogP contribution in [0.15, 0.2) is 42.7 Å². The molecule has 0 amide bonds. The van der Waals surface area contributed by atoms with Crippen LogP contribution >= 0.6 is 0 Å². The van der Waals surface area contributed by atoms with E-state index in [9.17, 15) is 4.39 Å². The third-order valence-electron chi connectivity index (χ3n) is 5.84. The molecule has 32 heavy (non-hydrogen) atoms. The highest BCUT2D eigenvalue weighted by Crippen LogP contribution is 2.28. The molecule has 0 unspecified atom stereocenters. The summed E-state index contributed by atoms with van der Waals surface area (Å²) in [7, 11) is 2.15. The van der Waals surface area contributed by atoms with E-state index in [1.807, 2.05) is 4.57 Å². The minimum absolute atomic E-state index is 0.308. The number of benzene rings is 1. The van der Waals surface area contributed by atoms with Crippen molar-refractivity contribution in [2.24, 2.45) is 0 Å². The summed E-state index contributed by atoms with van der Waals surface area (Å²) in [5.74, 6) is 1.00. The Morgan fingerprint density at radius 1 is 1.00 bits per heavy atom. The summed E-state index contributed by atoms with van der Waals surface area (Å²) >= 11 is 0. The monoisotopic (exact) mass is 432 g/mol. The second-order valence-corrected chi connectivity index (χ2v) is 8.20. The van der Waals surface area contributed by atoms with Crippen LogP contribution in [0.5, 0.6) is 0 Å². The Bertz CT molecular complexity index is 1260. The predicted molar refractivity (Wildman–Crippen MR) is 123 cm³/mol. The van der Waals surface area contributed by atoms with Crippen molar-refractivity contribution in [3.05, 3.63) is 59.9 Å². The number of likely N-dealkylation sites (N-methyl/N-ethyl adjacent to an activating group) is 1. The Kier molecular flexibility index (Phi) is 5.18. The molecule has 0 saturated carbocycles. The number of aryl methyl sites for hydroxylation is 1. The molecule has 1 aliphatic rings. The molecular formula is C23H25FN8. The first kappa shape index (κ1) is 20.3. The SMILES string of the molecule is Cc1nc(N)c2nc(-c3cncc(F)c3)n(Cc3ccc(N4CCN(C)CC4)cc3)c2n1. The van der Waals surface area contributed by atoms with Crippen molar-refractivity contribution in [1.82, 2.24) is 29.4 Å². The van der Waals surface area contributed by atoms with Crippen LogP contribution in [0.3, 0.4) is 0 Å². The maximum absolute atomic E-state index is 13.9. The van der Waals surface area contributed by atoms with Crippen LogP contribution in [-0.4, -0.2) is 62.6 Å². The van der Waals surface area contributed by atoms with E-state index in [1.54, 1.807) is 13.1 Å². The fourth-order valence-corrected chi connectivity index (χ4v) is 4.10. The Morgan fingerprint density at radius 3 is 2.47 bits per heavy atom. The van der Waals surface area contributed by atoms with E-state index in [0.29, 0.717) is 40.7 Å². The lowest BCUT2D eigenvalue weighted by molar-refractivity contribution is 0.313. The lowest BCUT2D eigenvalue weighted by atomic mass is 10.1. The smallest absolute Gasteiger partial charge is 0.166 e. The van der Waals surface area contributed by atoms with E-state index in [-0.39, 0.29) is 0 Å². The van der Waals surface area contributed by atoms with Crippen molar-refractivity contribution >= 4 is 22.7 Å². The Labute approximate surface area is 185 Å². The van der Waals surface area contributed by atoms with E-state index < -0.39 is 5.82 Å². The van der Waals surface area contributed by atoms with Gasteiger partial charge < -0.3 is 20.1 Å². The zero-order valence-electron chi connectivity index (χ0n) is 18.2. The van der Waals surface area contributed by atoms with Gasteiger partial charge in [0.15, 0.2) is 17.0 Å². The molecule has 0 atom stereocenters. The molecule has 1 aliphatic heterocycles. The number of halogens is 1. The number of imidazole rings is 1. The number of nitrogens with zero attached hydrogens (tertiary/aromatic N) is 7. The van der Waals surface area contributed by atoms with Crippen LogP contribution in [0.4, 0.5) is 15.9 Å². The average molecular weight is 433 g/mol. The predicted octanol–water partition coefficient (Wildman–Crippen LogP) is 2.72. The molecule has 3 aromatic heterocycles. The molecule has 1 fully saturated rings. The highest BCUT2D eigenvalue weighted by atomic mass is 19.1. The van der Waals surface area contributed by atoms with Gasteiger partial charge in [0.2, 0.25) is 0 Å². The van der Waals surface area contributed by atoms with Gasteiger partial charge in [-0.1, -0.05) is 12.1 Å². The van der Waals surface area contributed by atoms with E-state index in [0.717, 1.165) is 31.7 Å². The zero-order valence-corrected chi connectivity index (χ0v) is 18.2. The van der Waals surface area contributed by atoms with Crippen LogP contribution in [0.2, 0.25) is 0 Å². The van der Waals surface area contributed by atoms with E-state index >= 15 is 0 Å². The number of anilines is 2. The van der Waals surface area contributed by atoms with E-state index in [4.69, 9.17) is 5.73 Å². The molecule has 1 saturated heterocycles. The first-order valence-electron chi connectivity index (χ1n) is 10.6. The minimum atomic E-state index is -0.423. The number of nitrogen functional groups attached to an aromatic ring is 1. The molecule has 9 heteroatoms. The molecule has 2 N–H and O–H groups in total. The highest BCUT2D eigenvalue weighted by Gasteiger charge is 2.19. The molecule has 5 rings (SSSR count). The molecule has 8 nitrogen and oxygen atoms in total. The van der Waals surface area contributed by atoms with Gasteiger partial charge in [-0.05, 0) is 37.7 Å². The van der Waals surface area contributed by atoms with Crippen LogP contribution in [0.25, 0.3) is 22.6 Å². The van der Waals surface area contributed by atoms with Gasteiger partial charge in [0.1, 0.15) is 17.5 Å². The van der Waals surface area contributed by atoms with Gasteiger partial charge in [0.25, 0.3) is 0 Å². The zero-order chi connectivity index (χ0) is 22.2. The molecule has 0 bridgehead atoms. The Balaban J connectivity index is 1.52. The van der Waals surface area contributed by atoms with Gasteiger partial charge in [-0.2, -0.15) is 0 Å². The summed E-state index contributed by atoms with van der Waals surface area (Å²) < 4.78 is 15.8. The van der Waals surface area contributed by atoms with Gasteiger partial charge >= 0.3 is 0 Å². The summed E-state index contributed by atoms with van der Waals surface area (Å²) in [5, 5.41) is 0. The molecule has 0 spiro atoms. The number of fused-ring (bicyclic) bond motifs is 1. The van der Waals surface area contributed by atoms with Crippen molar-refractivity contribution in [3.63, 3.8) is 0 Å². The number of aromatic nitrogens is 5. The maximum atomic E-state index is 13.9. The molecule has 164 valence electrons. The Hall–Kier alpha value is -3.59. The van der Waals surface area contributed by atoms with Crippen molar-refractivity contribution in [3.8, 4) is 11.4 Å². The third-order valence-corrected chi connectivity index (χ3v) is 5.84. The van der Waals surface area contributed by atoms with E-state index in [2.05, 4.69) is 61.0 Å². The van der Waals surface area contributed by atoms with E-state index in [1.165, 1.54) is 18.0 Å². The topological polar surface area (TPSA) is 89.0 Å². The summed E-state index contributed by atoms with van der Waals surface area (Å²) in [6.45, 7) is 6.48. The van der Waals surface area contributed by atoms with Gasteiger partial charge in [-0.3, -0.25) is 4.98 Å². The normalized spacial score (nSPS) is 14.9. The van der Waals surface area contributed by atoms with Gasteiger partial charge in [0, 0.05) is 43.6 Å². The Morgan fingerprint density at radius 2 is 1.75 bits per heavy atom. The number of pyridine rings is 1. The van der Waals surface area contributed by atoms with Gasteiger partial charge in [0.05, 0.1) is 12.7 Å². The first-order valence-corrected chi connectivity index (χ1v) is 10.6. The number of hydrogen-bond acceptors (Lipinski definition) is 7. The molecule has 4 aromatic rings. The number of piperazine rings is 1. The summed E-state index contributed by atoms with van der Waals surface area (Å²) in [5.41, 5.74) is 10.1. The second-order valence-electron chi connectivity index (χ2n) is 8.20. The fourth-order valence-electron chi connectivity index (χ4n) is 4.10. The summed E-state index contributed by atoms with van der Waals surface area (Å²) in [6.07, 6.45) is 2.76. The van der Waals surface area contributed by atoms with Crippen molar-refractivity contribution < 1.29 is 4.39 Å². The van der Waals surface area contributed by atoms with Crippen LogP contribution in [-0.2, 0) is 6.54 Å². The average Bonchev–Trinajstić information content (AvgIpc) is 3.13. The second kappa shape index (κ2) is 8.16. The highest BCUT2D eigenvalue weighted by molar-refractivity contribution is 5.85. The molecular weight excluding hydrogens is 407 g/mol. The largest absolute Gasteiger partial charge is 0.382 e. The van der Waals surface area contributed by atoms with Crippen LogP contribution in [0.1, 0.15) is 11.4 Å². The number of rotatable bonds is 4. The lowest BCUT2D eigenvalue weighted by Crippen LogP contribution is -2.44. The number of hydrogen-bond donors (Lipinski definition) is 1. The van der Waals surface area contributed by atoms with Crippen LogP contribution in [0, 0.1) is 12.7 Å². The minimum Gasteiger partial charge on any atom is -0.382 e. The van der Waals surface area contributed by atoms with Crippen molar-refractivity contribution in [1.29, 1.82) is 0 Å². The number of nitrogens with two attached hydrogens (primary N) is 1. The van der Waals surface area contributed by atoms with Gasteiger partial charge in [-0.15, -0.1) is 0 Å². The third kappa shape index (κ3) is 3.87. The molecule has 0 radical (unpaired) electrons. The lowest BCUT2D eigenvalue weighted by Gasteiger charge is -2.34. The summed E-state index contributed by atoms with van der Waals surface area (Å²) in [6, 6.07) is 9.95. The molecule has 1 aromatic carbocycles. The summed E-state index contributed by atoms with van der Waals surface area (Å²) in [4.78, 5) is 22.2. The van der Waals surface area contributed by atoms with Crippen LogP contribution < -0.4 is 10.6 Å². The standard InChI is InChI=1S/C23H25FN8/c1-15-27-21(25)20-23(28-15)32(22(29-20)17-11-18(24)13-26-12-17)14-16-3-5-19(6-4-16)31-9-7-30(2)8-10-31/h3-6,11-13H,7-10,14H2,1-2H3,(H2,25,27,28). The maximum Gasteiger partial charge on any atom is 0.166 e. The van der Waals surface area contributed by atoms with Crippen molar-refractivity contribution in [2.45, 2.75) is 13.5 Å².